The summed E-state index contributed by atoms with van der Waals surface area (Å²) in [5.41, 5.74) is 1.88. The van der Waals surface area contributed by atoms with Crippen molar-refractivity contribution >= 4 is 33.2 Å². The molecule has 0 bridgehead atoms. The third kappa shape index (κ3) is 5.09. The minimum atomic E-state index is -3.65. The van der Waals surface area contributed by atoms with Gasteiger partial charge in [0.15, 0.2) is 0 Å². The number of ether oxygens (including phenoxy) is 1. The lowest BCUT2D eigenvalue weighted by molar-refractivity contribution is 0.408. The van der Waals surface area contributed by atoms with Crippen molar-refractivity contribution in [3.8, 4) is 5.75 Å². The van der Waals surface area contributed by atoms with Crippen molar-refractivity contribution in [2.75, 3.05) is 13.7 Å². The molecular formula is C16H18Cl2N2O3S. The maximum atomic E-state index is 11.2. The van der Waals surface area contributed by atoms with E-state index in [1.807, 2.05) is 0 Å². The van der Waals surface area contributed by atoms with E-state index >= 15 is 0 Å². The molecule has 0 aliphatic heterocycles. The Labute approximate surface area is 151 Å². The number of rotatable bonds is 7. The van der Waals surface area contributed by atoms with Crippen LogP contribution in [0.2, 0.25) is 10.0 Å². The van der Waals surface area contributed by atoms with Gasteiger partial charge in [-0.05, 0) is 42.8 Å². The molecule has 0 saturated heterocycles. The number of methoxy groups -OCH3 is 1. The lowest BCUT2D eigenvalue weighted by Gasteiger charge is -2.12. The zero-order valence-corrected chi connectivity index (χ0v) is 15.4. The maximum absolute atomic E-state index is 11.2. The van der Waals surface area contributed by atoms with E-state index in [4.69, 9.17) is 33.1 Å². The van der Waals surface area contributed by atoms with Crippen molar-refractivity contribution in [1.82, 2.24) is 5.32 Å². The first-order valence-electron chi connectivity index (χ1n) is 7.15. The van der Waals surface area contributed by atoms with E-state index < -0.39 is 10.0 Å². The Morgan fingerprint density at radius 1 is 1.17 bits per heavy atom. The van der Waals surface area contributed by atoms with E-state index in [1.54, 1.807) is 31.4 Å². The average molecular weight is 389 g/mol. The van der Waals surface area contributed by atoms with Crippen LogP contribution in [0.1, 0.15) is 11.1 Å². The molecule has 0 fully saturated rings. The third-order valence-corrected chi connectivity index (χ3v) is 4.88. The molecular weight excluding hydrogens is 371 g/mol. The molecule has 2 aromatic carbocycles. The Hall–Kier alpha value is -1.31. The summed E-state index contributed by atoms with van der Waals surface area (Å²) in [7, 11) is -2.09. The summed E-state index contributed by atoms with van der Waals surface area (Å²) < 4.78 is 27.7. The Morgan fingerprint density at radius 2 is 1.83 bits per heavy atom. The normalized spacial score (nSPS) is 11.5. The van der Waals surface area contributed by atoms with E-state index in [2.05, 4.69) is 5.32 Å². The monoisotopic (exact) mass is 388 g/mol. The number of primary sulfonamides is 1. The highest BCUT2D eigenvalue weighted by atomic mass is 35.5. The van der Waals surface area contributed by atoms with Crippen molar-refractivity contribution in [2.24, 2.45) is 5.14 Å². The highest BCUT2D eigenvalue weighted by molar-refractivity contribution is 7.89. The highest BCUT2D eigenvalue weighted by Crippen LogP contribution is 2.32. The number of nitrogens with two attached hydrogens (primary N) is 1. The van der Waals surface area contributed by atoms with Crippen LogP contribution in [0.3, 0.4) is 0 Å². The first kappa shape index (κ1) is 19.0. The summed E-state index contributed by atoms with van der Waals surface area (Å²) in [4.78, 5) is 0.109. The summed E-state index contributed by atoms with van der Waals surface area (Å²) in [5, 5.41) is 9.38. The van der Waals surface area contributed by atoms with Crippen molar-refractivity contribution < 1.29 is 13.2 Å². The van der Waals surface area contributed by atoms with Gasteiger partial charge >= 0.3 is 0 Å². The fraction of sp³-hybridized carbons (Fsp3) is 0.250. The smallest absolute Gasteiger partial charge is 0.238 e. The Balaban J connectivity index is 1.92. The molecule has 5 nitrogen and oxygen atoms in total. The third-order valence-electron chi connectivity index (χ3n) is 3.45. The Bertz CT molecular complexity index is 809. The van der Waals surface area contributed by atoms with Crippen LogP contribution in [0.4, 0.5) is 0 Å². The second kappa shape index (κ2) is 8.18. The number of hydrogen-bond donors (Lipinski definition) is 2. The Morgan fingerprint density at radius 3 is 2.42 bits per heavy atom. The lowest BCUT2D eigenvalue weighted by Crippen LogP contribution is -2.17. The van der Waals surface area contributed by atoms with Gasteiger partial charge < -0.3 is 10.1 Å². The van der Waals surface area contributed by atoms with E-state index in [9.17, 15) is 8.42 Å². The molecule has 3 N–H and O–H groups in total. The fourth-order valence-corrected chi connectivity index (χ4v) is 3.40. The van der Waals surface area contributed by atoms with Crippen molar-refractivity contribution in [3.63, 3.8) is 0 Å². The van der Waals surface area contributed by atoms with Crippen LogP contribution in [0.15, 0.2) is 41.3 Å². The summed E-state index contributed by atoms with van der Waals surface area (Å²) in [6, 6.07) is 9.95. The zero-order valence-electron chi connectivity index (χ0n) is 13.1. The van der Waals surface area contributed by atoms with E-state index in [0.717, 1.165) is 17.5 Å². The molecule has 8 heteroatoms. The van der Waals surface area contributed by atoms with E-state index in [1.165, 1.54) is 12.1 Å². The van der Waals surface area contributed by atoms with Crippen LogP contribution in [0.5, 0.6) is 5.75 Å². The molecule has 2 rings (SSSR count). The van der Waals surface area contributed by atoms with Gasteiger partial charge in [0.2, 0.25) is 10.0 Å². The van der Waals surface area contributed by atoms with Gasteiger partial charge in [0.05, 0.1) is 17.0 Å². The molecule has 2 aromatic rings. The molecule has 0 aromatic heterocycles. The largest absolute Gasteiger partial charge is 0.495 e. The summed E-state index contributed by atoms with van der Waals surface area (Å²) in [6.45, 7) is 1.25. The molecule has 0 amide bonds. The van der Waals surface area contributed by atoms with Crippen LogP contribution in [-0.2, 0) is 23.0 Å². The van der Waals surface area contributed by atoms with Crippen LogP contribution in [0.25, 0.3) is 0 Å². The topological polar surface area (TPSA) is 81.4 Å². The first-order chi connectivity index (χ1) is 11.3. The minimum Gasteiger partial charge on any atom is -0.495 e. The lowest BCUT2D eigenvalue weighted by atomic mass is 10.1. The van der Waals surface area contributed by atoms with Crippen LogP contribution in [-0.4, -0.2) is 22.1 Å². The average Bonchev–Trinajstić information content (AvgIpc) is 2.51. The quantitative estimate of drug-likeness (QED) is 0.714. The van der Waals surface area contributed by atoms with Gasteiger partial charge in [-0.3, -0.25) is 0 Å². The van der Waals surface area contributed by atoms with Gasteiger partial charge in [-0.1, -0.05) is 35.3 Å². The molecule has 0 unspecified atom stereocenters. The standard InChI is InChI=1S/C16H18Cl2N2O3S/c1-23-16-12(8-13(17)9-15(16)18)10-20-7-6-11-2-4-14(5-3-11)24(19,21)22/h2-5,8-9,20H,6-7,10H2,1H3,(H2,19,21,22). The molecule has 130 valence electrons. The molecule has 0 atom stereocenters. The van der Waals surface area contributed by atoms with Gasteiger partial charge in [0.25, 0.3) is 0 Å². The molecule has 0 heterocycles. The highest BCUT2D eigenvalue weighted by Gasteiger charge is 2.10. The van der Waals surface area contributed by atoms with Gasteiger partial charge in [0, 0.05) is 17.1 Å². The van der Waals surface area contributed by atoms with Gasteiger partial charge in [-0.25, -0.2) is 13.6 Å². The predicted molar refractivity (Wildman–Crippen MR) is 96.2 cm³/mol. The molecule has 0 saturated carbocycles. The molecule has 0 spiro atoms. The fourth-order valence-electron chi connectivity index (χ4n) is 2.28. The molecule has 0 aliphatic carbocycles. The summed E-state index contributed by atoms with van der Waals surface area (Å²) >= 11 is 12.1. The molecule has 0 aliphatic rings. The maximum Gasteiger partial charge on any atom is 0.238 e. The van der Waals surface area contributed by atoms with E-state index in [0.29, 0.717) is 28.9 Å². The summed E-state index contributed by atoms with van der Waals surface area (Å²) in [5.74, 6) is 0.603. The number of nitrogens with one attached hydrogen (secondary N) is 1. The SMILES string of the molecule is COc1c(Cl)cc(Cl)cc1CNCCc1ccc(S(N)(=O)=O)cc1. The number of benzene rings is 2. The number of hydrogen-bond acceptors (Lipinski definition) is 4. The second-order valence-corrected chi connectivity index (χ2v) is 7.60. The van der Waals surface area contributed by atoms with Gasteiger partial charge in [-0.15, -0.1) is 0 Å². The van der Waals surface area contributed by atoms with Crippen molar-refractivity contribution in [2.45, 2.75) is 17.9 Å². The molecule has 24 heavy (non-hydrogen) atoms. The van der Waals surface area contributed by atoms with Crippen molar-refractivity contribution in [1.29, 1.82) is 0 Å². The van der Waals surface area contributed by atoms with Crippen molar-refractivity contribution in [3.05, 3.63) is 57.6 Å². The minimum absolute atomic E-state index is 0.109. The predicted octanol–water partition coefficient (Wildman–Crippen LogP) is 2.98. The van der Waals surface area contributed by atoms with Crippen LogP contribution in [0, 0.1) is 0 Å². The zero-order chi connectivity index (χ0) is 17.7. The molecule has 0 radical (unpaired) electrons. The Kier molecular flexibility index (Phi) is 6.48. The van der Waals surface area contributed by atoms with Crippen LogP contribution >= 0.6 is 23.2 Å². The number of halogens is 2. The second-order valence-electron chi connectivity index (χ2n) is 5.20. The number of sulfonamides is 1. The summed E-state index contributed by atoms with van der Waals surface area (Å²) in [6.07, 6.45) is 0.738. The van der Waals surface area contributed by atoms with Crippen LogP contribution < -0.4 is 15.2 Å². The first-order valence-corrected chi connectivity index (χ1v) is 9.46. The van der Waals surface area contributed by atoms with E-state index in [-0.39, 0.29) is 4.90 Å². The van der Waals surface area contributed by atoms with Gasteiger partial charge in [0.1, 0.15) is 5.75 Å². The van der Waals surface area contributed by atoms with Gasteiger partial charge in [-0.2, -0.15) is 0 Å².